The molecule has 0 atom stereocenters. The van der Waals surface area contributed by atoms with Gasteiger partial charge in [-0.05, 0) is 23.8 Å². The van der Waals surface area contributed by atoms with Crippen molar-refractivity contribution in [3.05, 3.63) is 74.6 Å². The summed E-state index contributed by atoms with van der Waals surface area (Å²) >= 11 is 3.49. The molecule has 25 heavy (non-hydrogen) atoms. The molecule has 0 fully saturated rings. The van der Waals surface area contributed by atoms with Crippen LogP contribution in [0.15, 0.2) is 57.8 Å². The lowest BCUT2D eigenvalue weighted by Gasteiger charge is -2.18. The van der Waals surface area contributed by atoms with Crippen LogP contribution in [-0.4, -0.2) is 27.8 Å². The zero-order valence-electron chi connectivity index (χ0n) is 13.8. The first kappa shape index (κ1) is 17.4. The van der Waals surface area contributed by atoms with E-state index < -0.39 is 0 Å². The molecule has 1 N–H and O–H groups in total. The molecule has 0 saturated carbocycles. The van der Waals surface area contributed by atoms with Crippen LogP contribution in [0.2, 0.25) is 0 Å². The molecule has 1 amide bonds. The first-order valence-electron chi connectivity index (χ1n) is 8.00. The third-order valence-electron chi connectivity index (χ3n) is 4.04. The number of para-hydroxylation sites is 2. The molecular weight excluding hydrogens is 382 g/mol. The molecule has 0 aliphatic rings. The van der Waals surface area contributed by atoms with Crippen LogP contribution in [0.1, 0.15) is 17.7 Å². The average Bonchev–Trinajstić information content (AvgIpc) is 2.61. The summed E-state index contributed by atoms with van der Waals surface area (Å²) in [6.07, 6.45) is 0.564. The van der Waals surface area contributed by atoms with Gasteiger partial charge in [0.2, 0.25) is 5.91 Å². The van der Waals surface area contributed by atoms with Crippen LogP contribution >= 0.6 is 15.9 Å². The molecule has 1 heterocycles. The van der Waals surface area contributed by atoms with Crippen molar-refractivity contribution < 1.29 is 4.79 Å². The topological polar surface area (TPSA) is 66.1 Å². The van der Waals surface area contributed by atoms with Crippen LogP contribution in [0.3, 0.4) is 0 Å². The molecule has 2 aromatic carbocycles. The lowest BCUT2D eigenvalue weighted by atomic mass is 10.2. The highest BCUT2D eigenvalue weighted by atomic mass is 79.9. The van der Waals surface area contributed by atoms with E-state index in [1.165, 1.54) is 0 Å². The summed E-state index contributed by atoms with van der Waals surface area (Å²) in [7, 11) is 1.76. The van der Waals surface area contributed by atoms with Gasteiger partial charge in [0.25, 0.3) is 5.56 Å². The Bertz CT molecular complexity index is 968. The zero-order valence-corrected chi connectivity index (χ0v) is 15.4. The second-order valence-corrected chi connectivity index (χ2v) is 6.73. The zero-order chi connectivity index (χ0) is 17.8. The Morgan fingerprint density at radius 3 is 2.68 bits per heavy atom. The Hall–Kier alpha value is -2.47. The first-order chi connectivity index (χ1) is 12.0. The van der Waals surface area contributed by atoms with Gasteiger partial charge in [0.05, 0.1) is 11.0 Å². The molecule has 0 bridgehead atoms. The number of H-pyrrole nitrogens is 1. The lowest BCUT2D eigenvalue weighted by Crippen LogP contribution is -2.27. The minimum absolute atomic E-state index is 0.0230. The van der Waals surface area contributed by atoms with E-state index in [1.807, 2.05) is 48.5 Å². The number of halogens is 1. The number of hydrogen-bond acceptors (Lipinski definition) is 3. The van der Waals surface area contributed by atoms with Gasteiger partial charge in [0, 0.05) is 30.9 Å². The van der Waals surface area contributed by atoms with E-state index in [0.29, 0.717) is 24.2 Å². The summed E-state index contributed by atoms with van der Waals surface area (Å²) in [6.45, 7) is 0.516. The summed E-state index contributed by atoms with van der Waals surface area (Å²) in [4.78, 5) is 33.3. The number of carbonyl (C=O) groups is 1. The first-order valence-corrected chi connectivity index (χ1v) is 8.79. The maximum Gasteiger partial charge on any atom is 0.270 e. The number of nitrogens with zero attached hydrogens (tertiary/aromatic N) is 2. The molecule has 1 aromatic heterocycles. The van der Waals surface area contributed by atoms with Crippen molar-refractivity contribution in [1.29, 1.82) is 0 Å². The van der Waals surface area contributed by atoms with Gasteiger partial charge in [-0.15, -0.1) is 0 Å². The minimum Gasteiger partial charge on any atom is -0.341 e. The van der Waals surface area contributed by atoms with Crippen LogP contribution in [0.4, 0.5) is 0 Å². The van der Waals surface area contributed by atoms with Gasteiger partial charge in [-0.2, -0.15) is 0 Å². The highest BCUT2D eigenvalue weighted by molar-refractivity contribution is 9.10. The van der Waals surface area contributed by atoms with Crippen molar-refractivity contribution in [3.8, 4) is 0 Å². The number of aromatic nitrogens is 2. The van der Waals surface area contributed by atoms with Gasteiger partial charge in [-0.25, -0.2) is 4.98 Å². The lowest BCUT2D eigenvalue weighted by molar-refractivity contribution is -0.130. The van der Waals surface area contributed by atoms with Crippen LogP contribution < -0.4 is 5.56 Å². The van der Waals surface area contributed by atoms with Crippen molar-refractivity contribution in [2.75, 3.05) is 7.05 Å². The summed E-state index contributed by atoms with van der Waals surface area (Å²) in [5.74, 6) is -0.0230. The molecule has 0 spiro atoms. The molecule has 3 rings (SSSR count). The number of aromatic amines is 1. The quantitative estimate of drug-likeness (QED) is 0.715. The number of aryl methyl sites for hydroxylation is 1. The van der Waals surface area contributed by atoms with Gasteiger partial charge in [-0.3, -0.25) is 9.59 Å². The predicted molar refractivity (Wildman–Crippen MR) is 101 cm³/mol. The van der Waals surface area contributed by atoms with Crippen molar-refractivity contribution in [2.24, 2.45) is 0 Å². The smallest absolute Gasteiger partial charge is 0.270 e. The van der Waals surface area contributed by atoms with E-state index in [4.69, 9.17) is 0 Å². The maximum absolute atomic E-state index is 12.4. The standard InChI is InChI=1S/C19H18BrN3O2/c1-23(12-13-6-2-3-7-14(13)20)18(24)11-10-17-19(25)22-16-9-5-4-8-15(16)21-17/h2-9H,10-12H2,1H3,(H,22,25). The van der Waals surface area contributed by atoms with Crippen molar-refractivity contribution >= 4 is 32.9 Å². The minimum atomic E-state index is -0.236. The van der Waals surface area contributed by atoms with E-state index in [1.54, 1.807) is 11.9 Å². The van der Waals surface area contributed by atoms with Crippen molar-refractivity contribution in [1.82, 2.24) is 14.9 Å². The van der Waals surface area contributed by atoms with E-state index >= 15 is 0 Å². The highest BCUT2D eigenvalue weighted by Gasteiger charge is 2.13. The number of fused-ring (bicyclic) bond motifs is 1. The van der Waals surface area contributed by atoms with Crippen LogP contribution in [0.5, 0.6) is 0 Å². The molecule has 5 nitrogen and oxygen atoms in total. The molecule has 0 unspecified atom stereocenters. The van der Waals surface area contributed by atoms with E-state index in [9.17, 15) is 9.59 Å². The number of carbonyl (C=O) groups excluding carboxylic acids is 1. The largest absolute Gasteiger partial charge is 0.341 e. The van der Waals surface area contributed by atoms with Crippen LogP contribution in [-0.2, 0) is 17.8 Å². The second-order valence-electron chi connectivity index (χ2n) is 5.87. The average molecular weight is 400 g/mol. The Kier molecular flexibility index (Phi) is 5.28. The monoisotopic (exact) mass is 399 g/mol. The summed E-state index contributed by atoms with van der Waals surface area (Å²) < 4.78 is 0.974. The number of hydrogen-bond donors (Lipinski definition) is 1. The third kappa shape index (κ3) is 4.14. The van der Waals surface area contributed by atoms with E-state index in [-0.39, 0.29) is 17.9 Å². The van der Waals surface area contributed by atoms with Gasteiger partial charge in [-0.1, -0.05) is 46.3 Å². The summed E-state index contributed by atoms with van der Waals surface area (Å²) in [6, 6.07) is 15.2. The van der Waals surface area contributed by atoms with Gasteiger partial charge >= 0.3 is 0 Å². The van der Waals surface area contributed by atoms with Crippen LogP contribution in [0, 0.1) is 0 Å². The predicted octanol–water partition coefficient (Wildman–Crippen LogP) is 3.28. The van der Waals surface area contributed by atoms with Gasteiger partial charge in [0.15, 0.2) is 0 Å². The molecule has 0 saturated heterocycles. The Morgan fingerprint density at radius 2 is 1.88 bits per heavy atom. The fourth-order valence-electron chi connectivity index (χ4n) is 2.62. The molecular formula is C19H18BrN3O2. The number of amides is 1. The molecule has 128 valence electrons. The number of rotatable bonds is 5. The maximum atomic E-state index is 12.4. The fourth-order valence-corrected chi connectivity index (χ4v) is 3.03. The Balaban J connectivity index is 1.67. The molecule has 0 aliphatic heterocycles. The SMILES string of the molecule is CN(Cc1ccccc1Br)C(=O)CCc1nc2ccccc2[nH]c1=O. The number of benzene rings is 2. The molecule has 0 radical (unpaired) electrons. The Morgan fingerprint density at radius 1 is 1.16 bits per heavy atom. The molecule has 3 aromatic rings. The van der Waals surface area contributed by atoms with Crippen molar-refractivity contribution in [2.45, 2.75) is 19.4 Å². The van der Waals surface area contributed by atoms with Crippen molar-refractivity contribution in [3.63, 3.8) is 0 Å². The van der Waals surface area contributed by atoms with Crippen LogP contribution in [0.25, 0.3) is 11.0 Å². The number of nitrogens with one attached hydrogen (secondary N) is 1. The van der Waals surface area contributed by atoms with E-state index in [2.05, 4.69) is 25.9 Å². The van der Waals surface area contributed by atoms with Gasteiger partial charge < -0.3 is 9.88 Å². The molecule has 0 aliphatic carbocycles. The summed E-state index contributed by atoms with van der Waals surface area (Å²) in [5.41, 5.74) is 2.63. The Labute approximate surface area is 153 Å². The van der Waals surface area contributed by atoms with E-state index in [0.717, 1.165) is 15.6 Å². The van der Waals surface area contributed by atoms with Gasteiger partial charge in [0.1, 0.15) is 5.69 Å². The third-order valence-corrected chi connectivity index (χ3v) is 4.81. The highest BCUT2D eigenvalue weighted by Crippen LogP contribution is 2.17. The summed E-state index contributed by atoms with van der Waals surface area (Å²) in [5, 5.41) is 0. The molecule has 6 heteroatoms. The fraction of sp³-hybridized carbons (Fsp3) is 0.211. The second kappa shape index (κ2) is 7.61. The normalized spacial score (nSPS) is 10.8.